The highest BCUT2D eigenvalue weighted by Gasteiger charge is 2.11. The van der Waals surface area contributed by atoms with Crippen LogP contribution in [0.1, 0.15) is 30.1 Å². The molecule has 0 heterocycles. The largest absolute Gasteiger partial charge is 0.493 e. The lowest BCUT2D eigenvalue weighted by atomic mass is 10.2. The number of likely N-dealkylation sites (N-methyl/N-ethyl adjacent to an activating group) is 1. The van der Waals surface area contributed by atoms with Gasteiger partial charge in [0.25, 0.3) is 5.91 Å². The number of ether oxygens (including phenoxy) is 2. The first-order valence-corrected chi connectivity index (χ1v) is 6.92. The van der Waals surface area contributed by atoms with Crippen molar-refractivity contribution in [1.82, 2.24) is 10.6 Å². The fraction of sp³-hybridized carbons (Fsp3) is 0.467. The van der Waals surface area contributed by atoms with Crippen molar-refractivity contribution in [3.63, 3.8) is 0 Å². The van der Waals surface area contributed by atoms with Crippen molar-refractivity contribution in [3.05, 3.63) is 23.8 Å². The van der Waals surface area contributed by atoms with E-state index < -0.39 is 0 Å². The minimum atomic E-state index is -0.336. The molecule has 2 N–H and O–H groups in total. The minimum Gasteiger partial charge on any atom is -0.493 e. The Kier molecular flexibility index (Phi) is 7.08. The molecule has 0 aliphatic rings. The van der Waals surface area contributed by atoms with Gasteiger partial charge in [-0.3, -0.25) is 9.59 Å². The molecule has 0 aliphatic carbocycles. The molecule has 0 spiro atoms. The van der Waals surface area contributed by atoms with Crippen molar-refractivity contribution in [1.29, 1.82) is 0 Å². The zero-order chi connectivity index (χ0) is 15.7. The van der Waals surface area contributed by atoms with E-state index in [0.29, 0.717) is 23.7 Å². The molecule has 0 atom stereocenters. The normalized spacial score (nSPS) is 9.86. The summed E-state index contributed by atoms with van der Waals surface area (Å²) < 4.78 is 10.8. The molecule has 0 fully saturated rings. The first-order chi connectivity index (χ1) is 10.1. The quantitative estimate of drug-likeness (QED) is 0.710. The Bertz CT molecular complexity index is 489. The van der Waals surface area contributed by atoms with Gasteiger partial charge >= 0.3 is 0 Å². The number of hydrogen-bond acceptors (Lipinski definition) is 4. The van der Waals surface area contributed by atoms with Gasteiger partial charge in [0.05, 0.1) is 20.3 Å². The summed E-state index contributed by atoms with van der Waals surface area (Å²) >= 11 is 0. The maximum absolute atomic E-state index is 11.9. The van der Waals surface area contributed by atoms with Crippen LogP contribution in [0, 0.1) is 0 Å². The van der Waals surface area contributed by atoms with Gasteiger partial charge in [-0.05, 0) is 24.6 Å². The van der Waals surface area contributed by atoms with E-state index in [9.17, 15) is 9.59 Å². The molecule has 0 saturated carbocycles. The van der Waals surface area contributed by atoms with Crippen molar-refractivity contribution in [2.45, 2.75) is 19.8 Å². The van der Waals surface area contributed by atoms with Crippen LogP contribution in [0.15, 0.2) is 18.2 Å². The smallest absolute Gasteiger partial charge is 0.251 e. The van der Waals surface area contributed by atoms with Gasteiger partial charge < -0.3 is 20.1 Å². The van der Waals surface area contributed by atoms with E-state index >= 15 is 0 Å². The van der Waals surface area contributed by atoms with Gasteiger partial charge in [0.2, 0.25) is 5.91 Å². The Hall–Kier alpha value is -2.24. The maximum Gasteiger partial charge on any atom is 0.251 e. The molecule has 0 saturated heterocycles. The van der Waals surface area contributed by atoms with E-state index in [-0.39, 0.29) is 18.4 Å². The van der Waals surface area contributed by atoms with E-state index in [0.717, 1.165) is 12.8 Å². The molecule has 2 amide bonds. The van der Waals surface area contributed by atoms with Crippen molar-refractivity contribution < 1.29 is 19.1 Å². The first-order valence-electron chi connectivity index (χ1n) is 6.92. The Labute approximate surface area is 124 Å². The Morgan fingerprint density at radius 2 is 2.00 bits per heavy atom. The molecular weight excluding hydrogens is 272 g/mol. The van der Waals surface area contributed by atoms with E-state index in [1.165, 1.54) is 14.2 Å². The molecule has 0 aliphatic heterocycles. The topological polar surface area (TPSA) is 76.7 Å². The summed E-state index contributed by atoms with van der Waals surface area (Å²) in [6, 6.07) is 4.94. The summed E-state index contributed by atoms with van der Waals surface area (Å²) in [7, 11) is 3.04. The lowest BCUT2D eigenvalue weighted by molar-refractivity contribution is -0.119. The number of hydrogen-bond donors (Lipinski definition) is 2. The third-order valence-electron chi connectivity index (χ3n) is 2.87. The van der Waals surface area contributed by atoms with Crippen LogP contribution < -0.4 is 20.1 Å². The summed E-state index contributed by atoms with van der Waals surface area (Å²) in [5.41, 5.74) is 0.415. The van der Waals surface area contributed by atoms with Crippen molar-refractivity contribution in [3.8, 4) is 11.5 Å². The molecule has 6 nitrogen and oxygen atoms in total. The summed E-state index contributed by atoms with van der Waals surface area (Å²) in [6.45, 7) is 2.63. The fourth-order valence-electron chi connectivity index (χ4n) is 1.61. The number of carbonyl (C=O) groups excluding carboxylic acids is 2. The van der Waals surface area contributed by atoms with Gasteiger partial charge in [-0.1, -0.05) is 13.3 Å². The highest BCUT2D eigenvalue weighted by molar-refractivity contribution is 5.97. The van der Waals surface area contributed by atoms with Crippen LogP contribution in [-0.4, -0.2) is 39.1 Å². The molecule has 0 radical (unpaired) electrons. The lowest BCUT2D eigenvalue weighted by Gasteiger charge is -2.12. The van der Waals surface area contributed by atoms with Crippen LogP contribution in [0.5, 0.6) is 11.5 Å². The van der Waals surface area contributed by atoms with Gasteiger partial charge in [-0.2, -0.15) is 0 Å². The molecule has 21 heavy (non-hydrogen) atoms. The number of rotatable bonds is 8. The SMILES string of the molecule is CCCCOc1ccc(C(=O)NCC(=O)NC)cc1OC. The summed E-state index contributed by atoms with van der Waals surface area (Å²) in [5.74, 6) is 0.513. The molecule has 0 bridgehead atoms. The second kappa shape index (κ2) is 8.84. The molecule has 1 aromatic rings. The predicted octanol–water partition coefficient (Wildman–Crippen LogP) is 1.35. The molecule has 116 valence electrons. The number of methoxy groups -OCH3 is 1. The minimum absolute atomic E-state index is 0.0631. The van der Waals surface area contributed by atoms with E-state index in [1.54, 1.807) is 18.2 Å². The zero-order valence-corrected chi connectivity index (χ0v) is 12.7. The maximum atomic E-state index is 11.9. The predicted molar refractivity (Wildman–Crippen MR) is 79.8 cm³/mol. The van der Waals surface area contributed by atoms with Gasteiger partial charge in [0.1, 0.15) is 0 Å². The van der Waals surface area contributed by atoms with Gasteiger partial charge in [-0.25, -0.2) is 0 Å². The average Bonchev–Trinajstić information content (AvgIpc) is 2.52. The lowest BCUT2D eigenvalue weighted by Crippen LogP contribution is -2.35. The molecule has 0 aromatic heterocycles. The third kappa shape index (κ3) is 5.33. The Morgan fingerprint density at radius 1 is 1.24 bits per heavy atom. The number of unbranched alkanes of at least 4 members (excludes halogenated alkanes) is 1. The summed E-state index contributed by atoms with van der Waals surface area (Å²) in [6.07, 6.45) is 2.00. The van der Waals surface area contributed by atoms with Crippen LogP contribution in [0.25, 0.3) is 0 Å². The van der Waals surface area contributed by atoms with Crippen LogP contribution in [0.4, 0.5) is 0 Å². The average molecular weight is 294 g/mol. The highest BCUT2D eigenvalue weighted by atomic mass is 16.5. The summed E-state index contributed by atoms with van der Waals surface area (Å²) in [4.78, 5) is 23.0. The fourth-order valence-corrected chi connectivity index (χ4v) is 1.61. The second-order valence-corrected chi connectivity index (χ2v) is 4.42. The van der Waals surface area contributed by atoms with Crippen molar-refractivity contribution in [2.24, 2.45) is 0 Å². The molecular formula is C15H22N2O4. The Balaban J connectivity index is 2.71. The molecule has 1 aromatic carbocycles. The van der Waals surface area contributed by atoms with E-state index in [1.807, 2.05) is 0 Å². The number of amides is 2. The molecule has 0 unspecified atom stereocenters. The Morgan fingerprint density at radius 3 is 2.62 bits per heavy atom. The van der Waals surface area contributed by atoms with Crippen LogP contribution in [-0.2, 0) is 4.79 Å². The summed E-state index contributed by atoms with van der Waals surface area (Å²) in [5, 5.41) is 4.96. The molecule has 6 heteroatoms. The van der Waals surface area contributed by atoms with Gasteiger partial charge in [-0.15, -0.1) is 0 Å². The van der Waals surface area contributed by atoms with Crippen LogP contribution in [0.2, 0.25) is 0 Å². The monoisotopic (exact) mass is 294 g/mol. The second-order valence-electron chi connectivity index (χ2n) is 4.42. The van der Waals surface area contributed by atoms with Gasteiger partial charge in [0.15, 0.2) is 11.5 Å². The van der Waals surface area contributed by atoms with E-state index in [2.05, 4.69) is 17.6 Å². The van der Waals surface area contributed by atoms with Gasteiger partial charge in [0, 0.05) is 12.6 Å². The highest BCUT2D eigenvalue weighted by Crippen LogP contribution is 2.28. The van der Waals surface area contributed by atoms with Crippen LogP contribution >= 0.6 is 0 Å². The number of nitrogens with one attached hydrogen (secondary N) is 2. The standard InChI is InChI=1S/C15H22N2O4/c1-4-5-8-21-12-7-6-11(9-13(12)20-3)15(19)17-10-14(18)16-2/h6-7,9H,4-5,8,10H2,1-3H3,(H,16,18)(H,17,19). The number of carbonyl (C=O) groups is 2. The van der Waals surface area contributed by atoms with E-state index in [4.69, 9.17) is 9.47 Å². The number of benzene rings is 1. The molecule has 1 rings (SSSR count). The first kappa shape index (κ1) is 16.8. The van der Waals surface area contributed by atoms with Crippen molar-refractivity contribution >= 4 is 11.8 Å². The zero-order valence-electron chi connectivity index (χ0n) is 12.7. The third-order valence-corrected chi connectivity index (χ3v) is 2.87. The van der Waals surface area contributed by atoms with Crippen molar-refractivity contribution in [2.75, 3.05) is 27.3 Å². The van der Waals surface area contributed by atoms with Crippen LogP contribution in [0.3, 0.4) is 0 Å².